The van der Waals surface area contributed by atoms with Crippen molar-refractivity contribution in [1.29, 1.82) is 0 Å². The monoisotopic (exact) mass is 249 g/mol. The third-order valence-corrected chi connectivity index (χ3v) is 2.60. The Morgan fingerprint density at radius 1 is 1.18 bits per heavy atom. The van der Waals surface area contributed by atoms with Crippen LogP contribution in [0.5, 0.6) is 0 Å². The Balaban J connectivity index is 1.88. The number of thiocarbonyl (C=S) groups is 1. The lowest BCUT2D eigenvalue weighted by molar-refractivity contribution is -0.114. The third-order valence-electron chi connectivity index (χ3n) is 2.38. The molecule has 1 fully saturated rings. The number of nitrogens with one attached hydrogen (secondary N) is 3. The van der Waals surface area contributed by atoms with Crippen LogP contribution in [0.15, 0.2) is 24.3 Å². The Morgan fingerprint density at radius 3 is 2.18 bits per heavy atom. The van der Waals surface area contributed by atoms with Gasteiger partial charge in [0.15, 0.2) is 5.11 Å². The van der Waals surface area contributed by atoms with Crippen molar-refractivity contribution in [3.63, 3.8) is 0 Å². The van der Waals surface area contributed by atoms with Crippen molar-refractivity contribution in [2.45, 2.75) is 25.8 Å². The van der Waals surface area contributed by atoms with E-state index in [0.717, 1.165) is 11.4 Å². The quantitative estimate of drug-likeness (QED) is 0.718. The van der Waals surface area contributed by atoms with Crippen LogP contribution < -0.4 is 16.0 Å². The summed E-state index contributed by atoms with van der Waals surface area (Å²) in [5.41, 5.74) is 1.70. The molecule has 4 nitrogen and oxygen atoms in total. The molecular formula is C12H15N3OS. The van der Waals surface area contributed by atoms with E-state index in [2.05, 4.69) is 16.0 Å². The minimum atomic E-state index is -0.0726. The molecule has 1 amide bonds. The predicted molar refractivity (Wildman–Crippen MR) is 73.1 cm³/mol. The van der Waals surface area contributed by atoms with Gasteiger partial charge in [-0.15, -0.1) is 0 Å². The van der Waals surface area contributed by atoms with Gasteiger partial charge in [-0.1, -0.05) is 0 Å². The van der Waals surface area contributed by atoms with Gasteiger partial charge in [0.25, 0.3) is 0 Å². The van der Waals surface area contributed by atoms with Gasteiger partial charge in [-0.3, -0.25) is 4.79 Å². The van der Waals surface area contributed by atoms with Gasteiger partial charge in [-0.25, -0.2) is 0 Å². The van der Waals surface area contributed by atoms with Gasteiger partial charge in [0, 0.05) is 24.3 Å². The summed E-state index contributed by atoms with van der Waals surface area (Å²) in [6, 6.07) is 7.99. The molecule has 0 unspecified atom stereocenters. The molecule has 2 rings (SSSR count). The fraction of sp³-hybridized carbons (Fsp3) is 0.333. The van der Waals surface area contributed by atoms with Crippen molar-refractivity contribution < 1.29 is 4.79 Å². The number of rotatable bonds is 3. The first kappa shape index (κ1) is 11.9. The predicted octanol–water partition coefficient (Wildman–Crippen LogP) is 2.09. The number of anilines is 2. The van der Waals surface area contributed by atoms with Crippen LogP contribution in [0.1, 0.15) is 19.8 Å². The zero-order valence-corrected chi connectivity index (χ0v) is 10.4. The van der Waals surface area contributed by atoms with E-state index in [0.29, 0.717) is 11.2 Å². The molecule has 0 radical (unpaired) electrons. The van der Waals surface area contributed by atoms with Crippen molar-refractivity contribution in [2.75, 3.05) is 10.6 Å². The van der Waals surface area contributed by atoms with E-state index in [9.17, 15) is 4.79 Å². The van der Waals surface area contributed by atoms with E-state index in [-0.39, 0.29) is 5.91 Å². The molecule has 1 saturated carbocycles. The summed E-state index contributed by atoms with van der Waals surface area (Å²) in [6.45, 7) is 1.49. The van der Waals surface area contributed by atoms with E-state index in [1.807, 2.05) is 24.3 Å². The van der Waals surface area contributed by atoms with Crippen LogP contribution in [-0.4, -0.2) is 17.1 Å². The van der Waals surface area contributed by atoms with E-state index in [1.54, 1.807) is 0 Å². The fourth-order valence-electron chi connectivity index (χ4n) is 1.42. The molecule has 90 valence electrons. The zero-order chi connectivity index (χ0) is 12.3. The Labute approximate surface area is 106 Å². The van der Waals surface area contributed by atoms with Crippen LogP contribution in [0, 0.1) is 0 Å². The highest BCUT2D eigenvalue weighted by Gasteiger charge is 2.21. The maximum atomic E-state index is 10.8. The SMILES string of the molecule is CC(=O)Nc1ccc(NC(=S)NC2CC2)cc1. The molecule has 1 aliphatic carbocycles. The molecule has 17 heavy (non-hydrogen) atoms. The number of benzene rings is 1. The molecule has 0 heterocycles. The molecule has 0 aromatic heterocycles. The van der Waals surface area contributed by atoms with E-state index < -0.39 is 0 Å². The van der Waals surface area contributed by atoms with Gasteiger partial charge in [0.2, 0.25) is 5.91 Å². The lowest BCUT2D eigenvalue weighted by atomic mass is 10.3. The molecule has 0 saturated heterocycles. The Bertz CT molecular complexity index is 426. The molecule has 3 N–H and O–H groups in total. The standard InChI is InChI=1S/C12H15N3OS/c1-8(16)13-9-2-4-10(5-3-9)14-12(17)15-11-6-7-11/h2-5,11H,6-7H2,1H3,(H,13,16)(H2,14,15,17). The second-order valence-corrected chi connectivity index (χ2v) is 4.54. The van der Waals surface area contributed by atoms with Crippen molar-refractivity contribution in [3.05, 3.63) is 24.3 Å². The Morgan fingerprint density at radius 2 is 1.71 bits per heavy atom. The van der Waals surface area contributed by atoms with Crippen LogP contribution in [0.2, 0.25) is 0 Å². The maximum Gasteiger partial charge on any atom is 0.221 e. The van der Waals surface area contributed by atoms with Crippen molar-refractivity contribution in [1.82, 2.24) is 5.32 Å². The minimum absolute atomic E-state index is 0.0726. The molecule has 5 heteroatoms. The summed E-state index contributed by atoms with van der Waals surface area (Å²) in [5, 5.41) is 9.67. The molecule has 0 spiro atoms. The highest BCUT2D eigenvalue weighted by atomic mass is 32.1. The second kappa shape index (κ2) is 5.14. The molecule has 0 aliphatic heterocycles. The summed E-state index contributed by atoms with van der Waals surface area (Å²) in [4.78, 5) is 10.8. The van der Waals surface area contributed by atoms with Crippen molar-refractivity contribution >= 4 is 34.6 Å². The molecule has 1 aliphatic rings. The number of carbonyl (C=O) groups is 1. The van der Waals surface area contributed by atoms with Crippen molar-refractivity contribution in [3.8, 4) is 0 Å². The maximum absolute atomic E-state index is 10.8. The van der Waals surface area contributed by atoms with Gasteiger partial charge >= 0.3 is 0 Å². The zero-order valence-electron chi connectivity index (χ0n) is 9.62. The first-order valence-electron chi connectivity index (χ1n) is 5.58. The Kier molecular flexibility index (Phi) is 3.58. The van der Waals surface area contributed by atoms with E-state index >= 15 is 0 Å². The second-order valence-electron chi connectivity index (χ2n) is 4.13. The highest BCUT2D eigenvalue weighted by Crippen LogP contribution is 2.19. The number of hydrogen-bond acceptors (Lipinski definition) is 2. The number of hydrogen-bond donors (Lipinski definition) is 3. The van der Waals surface area contributed by atoms with Crippen LogP contribution in [0.3, 0.4) is 0 Å². The third kappa shape index (κ3) is 4.03. The first-order chi connectivity index (χ1) is 8.13. The van der Waals surface area contributed by atoms with Crippen LogP contribution in [0.4, 0.5) is 11.4 Å². The van der Waals surface area contributed by atoms with Gasteiger partial charge in [-0.2, -0.15) is 0 Å². The topological polar surface area (TPSA) is 53.2 Å². The number of amides is 1. The van der Waals surface area contributed by atoms with Crippen molar-refractivity contribution in [2.24, 2.45) is 0 Å². The average molecular weight is 249 g/mol. The summed E-state index contributed by atoms with van der Waals surface area (Å²) in [7, 11) is 0. The number of carbonyl (C=O) groups excluding carboxylic acids is 1. The fourth-order valence-corrected chi connectivity index (χ4v) is 1.70. The average Bonchev–Trinajstić information content (AvgIpc) is 3.04. The van der Waals surface area contributed by atoms with Crippen LogP contribution in [-0.2, 0) is 4.79 Å². The summed E-state index contributed by atoms with van der Waals surface area (Å²) in [5.74, 6) is -0.0726. The van der Waals surface area contributed by atoms with Gasteiger partial charge in [0.1, 0.15) is 0 Å². The molecule has 0 bridgehead atoms. The highest BCUT2D eigenvalue weighted by molar-refractivity contribution is 7.80. The molecule has 1 aromatic rings. The molecule has 0 atom stereocenters. The van der Waals surface area contributed by atoms with Crippen LogP contribution >= 0.6 is 12.2 Å². The summed E-state index contributed by atoms with van der Waals surface area (Å²) >= 11 is 5.16. The smallest absolute Gasteiger partial charge is 0.221 e. The molecular weight excluding hydrogens is 234 g/mol. The summed E-state index contributed by atoms with van der Waals surface area (Å²) < 4.78 is 0. The van der Waals surface area contributed by atoms with Crippen LogP contribution in [0.25, 0.3) is 0 Å². The lowest BCUT2D eigenvalue weighted by Crippen LogP contribution is -2.30. The molecule has 1 aromatic carbocycles. The normalized spacial score (nSPS) is 13.9. The largest absolute Gasteiger partial charge is 0.360 e. The lowest BCUT2D eigenvalue weighted by Gasteiger charge is -2.10. The van der Waals surface area contributed by atoms with E-state index in [1.165, 1.54) is 19.8 Å². The van der Waals surface area contributed by atoms with Gasteiger partial charge in [-0.05, 0) is 49.3 Å². The Hall–Kier alpha value is -1.62. The minimum Gasteiger partial charge on any atom is -0.360 e. The first-order valence-corrected chi connectivity index (χ1v) is 5.99. The summed E-state index contributed by atoms with van der Waals surface area (Å²) in [6.07, 6.45) is 2.40. The van der Waals surface area contributed by atoms with E-state index in [4.69, 9.17) is 12.2 Å². The van der Waals surface area contributed by atoms with Gasteiger partial charge in [0.05, 0.1) is 0 Å². The van der Waals surface area contributed by atoms with Gasteiger partial charge < -0.3 is 16.0 Å².